The van der Waals surface area contributed by atoms with Crippen LogP contribution >= 0.6 is 0 Å². The Labute approximate surface area is 171 Å². The molecule has 6 nitrogen and oxygen atoms in total. The molecule has 152 valence electrons. The summed E-state index contributed by atoms with van der Waals surface area (Å²) in [5.41, 5.74) is 3.36. The van der Waals surface area contributed by atoms with Gasteiger partial charge >= 0.3 is 0 Å². The third-order valence-electron chi connectivity index (χ3n) is 6.03. The highest BCUT2D eigenvalue weighted by Gasteiger charge is 2.21. The van der Waals surface area contributed by atoms with Crippen LogP contribution in [0, 0.1) is 0 Å². The number of hydrogen-bond acceptors (Lipinski definition) is 5. The van der Waals surface area contributed by atoms with Gasteiger partial charge in [-0.1, -0.05) is 18.6 Å². The second-order valence-corrected chi connectivity index (χ2v) is 8.00. The number of aromatic nitrogens is 3. The number of fused-ring (bicyclic) bond motifs is 1. The van der Waals surface area contributed by atoms with E-state index in [-0.39, 0.29) is 6.04 Å². The number of ether oxygens (including phenoxy) is 2. The number of nitrogens with zero attached hydrogens (tertiary/aromatic N) is 3. The lowest BCUT2D eigenvalue weighted by molar-refractivity contribution is 0.0675. The van der Waals surface area contributed by atoms with E-state index in [1.54, 1.807) is 0 Å². The zero-order chi connectivity index (χ0) is 19.5. The van der Waals surface area contributed by atoms with Crippen LogP contribution < -0.4 is 10.1 Å². The van der Waals surface area contributed by atoms with Crippen molar-refractivity contribution in [1.82, 2.24) is 20.1 Å². The Kier molecular flexibility index (Phi) is 5.45. The van der Waals surface area contributed by atoms with Gasteiger partial charge in [0.15, 0.2) is 0 Å². The van der Waals surface area contributed by atoms with E-state index in [2.05, 4.69) is 38.3 Å². The molecule has 5 rings (SSSR count). The van der Waals surface area contributed by atoms with Crippen LogP contribution in [0.15, 0.2) is 42.7 Å². The lowest BCUT2D eigenvalue weighted by Crippen LogP contribution is -2.27. The molecule has 0 radical (unpaired) electrons. The topological polar surface area (TPSA) is 61.2 Å². The van der Waals surface area contributed by atoms with Gasteiger partial charge in [0.1, 0.15) is 12.4 Å². The van der Waals surface area contributed by atoms with Crippen molar-refractivity contribution in [3.8, 4) is 5.75 Å². The van der Waals surface area contributed by atoms with Gasteiger partial charge in [0.25, 0.3) is 0 Å². The minimum absolute atomic E-state index is 0.289. The van der Waals surface area contributed by atoms with Gasteiger partial charge in [-0.15, -0.1) is 0 Å². The van der Waals surface area contributed by atoms with E-state index in [9.17, 15) is 0 Å². The highest BCUT2D eigenvalue weighted by atomic mass is 16.5. The lowest BCUT2D eigenvalue weighted by Gasteiger charge is -2.24. The van der Waals surface area contributed by atoms with Crippen molar-refractivity contribution in [3.05, 3.63) is 54.0 Å². The molecule has 2 aliphatic heterocycles. The zero-order valence-corrected chi connectivity index (χ0v) is 16.7. The molecular weight excluding hydrogens is 364 g/mol. The van der Waals surface area contributed by atoms with Crippen molar-refractivity contribution >= 4 is 10.9 Å². The number of rotatable bonds is 5. The van der Waals surface area contributed by atoms with Gasteiger partial charge in [-0.2, -0.15) is 5.10 Å². The molecule has 2 saturated heterocycles. The zero-order valence-electron chi connectivity index (χ0n) is 16.7. The first-order valence-corrected chi connectivity index (χ1v) is 10.7. The summed E-state index contributed by atoms with van der Waals surface area (Å²) in [7, 11) is 0. The summed E-state index contributed by atoms with van der Waals surface area (Å²) in [6.07, 6.45) is 9.45. The maximum Gasteiger partial charge on any atom is 0.142 e. The molecule has 0 amide bonds. The van der Waals surface area contributed by atoms with Crippen LogP contribution in [-0.2, 0) is 11.3 Å². The fourth-order valence-corrected chi connectivity index (χ4v) is 4.43. The molecule has 0 bridgehead atoms. The van der Waals surface area contributed by atoms with Crippen LogP contribution in [0.4, 0.5) is 0 Å². The number of pyridine rings is 1. The Balaban J connectivity index is 1.35. The Morgan fingerprint density at radius 3 is 2.93 bits per heavy atom. The number of benzene rings is 1. The highest BCUT2D eigenvalue weighted by molar-refractivity contribution is 5.79. The molecule has 2 aliphatic rings. The molecule has 3 aromatic rings. The second-order valence-electron chi connectivity index (χ2n) is 8.00. The van der Waals surface area contributed by atoms with Gasteiger partial charge in [0.05, 0.1) is 29.5 Å². The van der Waals surface area contributed by atoms with E-state index in [1.165, 1.54) is 23.7 Å². The van der Waals surface area contributed by atoms with Gasteiger partial charge < -0.3 is 14.8 Å². The number of nitrogens with one attached hydrogen (secondary N) is 1. The Hall–Kier alpha value is -2.44. The standard InChI is InChI=1S/C23H28N4O2/c1-2-10-24-20(4-1)23-22(5-3-11-25-23)29-16-17-6-7-18-15-26-27(21(18)14-17)19-8-12-28-13-9-19/h3,5-7,11,14-15,19-20,24H,1-2,4,8-10,12-13,16H2. The number of piperidine rings is 1. The molecule has 1 N–H and O–H groups in total. The minimum atomic E-state index is 0.289. The molecule has 29 heavy (non-hydrogen) atoms. The van der Waals surface area contributed by atoms with Gasteiger partial charge in [-0.3, -0.25) is 9.67 Å². The van der Waals surface area contributed by atoms with Crippen LogP contribution in [0.1, 0.15) is 55.4 Å². The lowest BCUT2D eigenvalue weighted by atomic mass is 10.0. The molecule has 4 heterocycles. The quantitative estimate of drug-likeness (QED) is 0.706. The fraction of sp³-hybridized carbons (Fsp3) is 0.478. The number of hydrogen-bond donors (Lipinski definition) is 1. The van der Waals surface area contributed by atoms with Gasteiger partial charge in [0.2, 0.25) is 0 Å². The van der Waals surface area contributed by atoms with Gasteiger partial charge in [-0.05, 0) is 56.0 Å². The van der Waals surface area contributed by atoms with Gasteiger partial charge in [-0.25, -0.2) is 0 Å². The first-order valence-electron chi connectivity index (χ1n) is 10.7. The predicted octanol–water partition coefficient (Wildman–Crippen LogP) is 4.18. The second kappa shape index (κ2) is 8.51. The first-order chi connectivity index (χ1) is 14.4. The third kappa shape index (κ3) is 4.00. The van der Waals surface area contributed by atoms with E-state index in [0.29, 0.717) is 12.6 Å². The van der Waals surface area contributed by atoms with Crippen LogP contribution in [-0.4, -0.2) is 34.5 Å². The fourth-order valence-electron chi connectivity index (χ4n) is 4.43. The summed E-state index contributed by atoms with van der Waals surface area (Å²) in [5.74, 6) is 0.880. The molecule has 0 spiro atoms. The Morgan fingerprint density at radius 1 is 1.14 bits per heavy atom. The molecule has 2 fully saturated rings. The maximum atomic E-state index is 6.24. The Bertz CT molecular complexity index is 958. The molecule has 1 aromatic carbocycles. The Morgan fingerprint density at radius 2 is 2.07 bits per heavy atom. The summed E-state index contributed by atoms with van der Waals surface area (Å²) >= 11 is 0. The van der Waals surface area contributed by atoms with Crippen LogP contribution in [0.2, 0.25) is 0 Å². The normalized spacial score (nSPS) is 20.8. The summed E-state index contributed by atoms with van der Waals surface area (Å²) < 4.78 is 13.9. The van der Waals surface area contributed by atoms with Crippen molar-refractivity contribution in [3.63, 3.8) is 0 Å². The van der Waals surface area contributed by atoms with Crippen molar-refractivity contribution in [2.75, 3.05) is 19.8 Å². The van der Waals surface area contributed by atoms with E-state index in [1.807, 2.05) is 24.5 Å². The average Bonchev–Trinajstić information content (AvgIpc) is 3.22. The van der Waals surface area contributed by atoms with Crippen molar-refractivity contribution in [1.29, 1.82) is 0 Å². The van der Waals surface area contributed by atoms with E-state index < -0.39 is 0 Å². The molecule has 6 heteroatoms. The average molecular weight is 393 g/mol. The first kappa shape index (κ1) is 18.6. The molecule has 1 atom stereocenters. The molecule has 1 unspecified atom stereocenters. The molecule has 0 saturated carbocycles. The summed E-state index contributed by atoms with van der Waals surface area (Å²) in [6, 6.07) is 11.2. The molecular formula is C23H28N4O2. The van der Waals surface area contributed by atoms with Crippen LogP contribution in [0.3, 0.4) is 0 Å². The van der Waals surface area contributed by atoms with Crippen molar-refractivity contribution in [2.45, 2.75) is 50.8 Å². The monoisotopic (exact) mass is 392 g/mol. The van der Waals surface area contributed by atoms with Crippen LogP contribution in [0.5, 0.6) is 5.75 Å². The van der Waals surface area contributed by atoms with Gasteiger partial charge in [0, 0.05) is 24.8 Å². The summed E-state index contributed by atoms with van der Waals surface area (Å²) in [5, 5.41) is 9.40. The van der Waals surface area contributed by atoms with E-state index >= 15 is 0 Å². The van der Waals surface area contributed by atoms with Crippen LogP contribution in [0.25, 0.3) is 10.9 Å². The van der Waals surface area contributed by atoms with E-state index in [0.717, 1.165) is 56.0 Å². The maximum absolute atomic E-state index is 6.24. The smallest absolute Gasteiger partial charge is 0.142 e. The molecule has 0 aliphatic carbocycles. The van der Waals surface area contributed by atoms with Crippen molar-refractivity contribution < 1.29 is 9.47 Å². The minimum Gasteiger partial charge on any atom is -0.487 e. The van der Waals surface area contributed by atoms with E-state index in [4.69, 9.17) is 9.47 Å². The predicted molar refractivity (Wildman–Crippen MR) is 112 cm³/mol. The summed E-state index contributed by atoms with van der Waals surface area (Å²) in [6.45, 7) is 3.20. The van der Waals surface area contributed by atoms with Crippen molar-refractivity contribution in [2.24, 2.45) is 0 Å². The SMILES string of the molecule is c1cnc(C2CCCCN2)c(OCc2ccc3cnn(C4CCOCC4)c3c2)c1. The summed E-state index contributed by atoms with van der Waals surface area (Å²) in [4.78, 5) is 4.62. The highest BCUT2D eigenvalue weighted by Crippen LogP contribution is 2.30. The molecule has 2 aromatic heterocycles. The third-order valence-corrected chi connectivity index (χ3v) is 6.03. The largest absolute Gasteiger partial charge is 0.487 e.